The average molecular weight is 336 g/mol. The molecule has 2 aromatic carbocycles. The summed E-state index contributed by atoms with van der Waals surface area (Å²) in [6.07, 6.45) is 0. The first kappa shape index (κ1) is 14.6. The summed E-state index contributed by atoms with van der Waals surface area (Å²) in [4.78, 5) is 17.6. The molecule has 2 N–H and O–H groups in total. The minimum absolute atomic E-state index is 0.408. The van der Waals surface area contributed by atoms with Gasteiger partial charge in [0.2, 0.25) is 0 Å². The first-order valence-electron chi connectivity index (χ1n) is 7.26. The van der Waals surface area contributed by atoms with Gasteiger partial charge in [-0.05, 0) is 36.4 Å². The van der Waals surface area contributed by atoms with Crippen molar-refractivity contribution < 1.29 is 14.7 Å². The standard InChI is InChI=1S/C18H12N2O3S/c21-18(20-22)16-10-9-15(24-16)17-11-5-1-3-7-13(11)23-14-8-4-2-6-12(14)19-17/h1-10,22H,(H,20,21). The zero-order chi connectivity index (χ0) is 16.5. The smallest absolute Gasteiger partial charge is 0.284 e. The number of nitrogens with one attached hydrogen (secondary N) is 1. The second kappa shape index (κ2) is 5.92. The fourth-order valence-electron chi connectivity index (χ4n) is 2.52. The van der Waals surface area contributed by atoms with Crippen LogP contribution in [0.15, 0.2) is 65.7 Å². The van der Waals surface area contributed by atoms with Gasteiger partial charge in [-0.1, -0.05) is 24.3 Å². The van der Waals surface area contributed by atoms with Crippen LogP contribution in [0.3, 0.4) is 0 Å². The van der Waals surface area contributed by atoms with Gasteiger partial charge in [0.1, 0.15) is 11.4 Å². The largest absolute Gasteiger partial charge is 0.454 e. The number of rotatable bonds is 2. The summed E-state index contributed by atoms with van der Waals surface area (Å²) >= 11 is 1.26. The molecule has 0 saturated heterocycles. The Morgan fingerprint density at radius 2 is 1.75 bits per heavy atom. The highest BCUT2D eigenvalue weighted by Gasteiger charge is 2.21. The van der Waals surface area contributed by atoms with Crippen LogP contribution >= 0.6 is 11.3 Å². The van der Waals surface area contributed by atoms with Crippen molar-refractivity contribution in [2.24, 2.45) is 4.99 Å². The van der Waals surface area contributed by atoms with Gasteiger partial charge in [-0.15, -0.1) is 11.3 Å². The average Bonchev–Trinajstić information content (AvgIpc) is 3.04. The van der Waals surface area contributed by atoms with Gasteiger partial charge in [-0.2, -0.15) is 0 Å². The lowest BCUT2D eigenvalue weighted by Gasteiger charge is -2.08. The number of aliphatic imine (C=N–C) groups is 1. The van der Waals surface area contributed by atoms with E-state index in [4.69, 9.17) is 14.9 Å². The van der Waals surface area contributed by atoms with Crippen LogP contribution < -0.4 is 10.2 Å². The van der Waals surface area contributed by atoms with Crippen molar-refractivity contribution in [1.82, 2.24) is 5.48 Å². The van der Waals surface area contributed by atoms with E-state index in [1.807, 2.05) is 54.6 Å². The molecular formula is C18H12N2O3S. The Balaban J connectivity index is 1.90. The van der Waals surface area contributed by atoms with Crippen LogP contribution in [-0.2, 0) is 0 Å². The summed E-state index contributed by atoms with van der Waals surface area (Å²) in [6, 6.07) is 18.7. The number of fused-ring (bicyclic) bond motifs is 2. The highest BCUT2D eigenvalue weighted by atomic mass is 32.1. The summed E-state index contributed by atoms with van der Waals surface area (Å²) in [5.41, 5.74) is 3.97. The minimum Gasteiger partial charge on any atom is -0.454 e. The van der Waals surface area contributed by atoms with Crippen molar-refractivity contribution in [1.29, 1.82) is 0 Å². The van der Waals surface area contributed by atoms with Crippen molar-refractivity contribution in [2.45, 2.75) is 0 Å². The molecule has 3 aromatic rings. The quantitative estimate of drug-likeness (QED) is 0.427. The van der Waals surface area contributed by atoms with E-state index < -0.39 is 5.91 Å². The predicted octanol–water partition coefficient (Wildman–Crippen LogP) is 4.14. The third-order valence-corrected chi connectivity index (χ3v) is 4.72. The molecule has 6 heteroatoms. The van der Waals surface area contributed by atoms with Crippen LogP contribution in [0, 0.1) is 0 Å². The molecule has 2 heterocycles. The zero-order valence-electron chi connectivity index (χ0n) is 12.4. The van der Waals surface area contributed by atoms with E-state index in [1.54, 1.807) is 11.5 Å². The molecule has 118 valence electrons. The van der Waals surface area contributed by atoms with Crippen molar-refractivity contribution >= 4 is 28.6 Å². The summed E-state index contributed by atoms with van der Waals surface area (Å²) in [6.45, 7) is 0. The second-order valence-electron chi connectivity index (χ2n) is 5.13. The van der Waals surface area contributed by atoms with E-state index in [9.17, 15) is 4.79 Å². The molecule has 0 radical (unpaired) electrons. The van der Waals surface area contributed by atoms with Crippen molar-refractivity contribution in [3.05, 3.63) is 76.0 Å². The number of amides is 1. The molecule has 1 amide bonds. The van der Waals surface area contributed by atoms with Gasteiger partial charge in [0.25, 0.3) is 5.91 Å². The lowest BCUT2D eigenvalue weighted by Crippen LogP contribution is -2.16. The molecular weight excluding hydrogens is 324 g/mol. The van der Waals surface area contributed by atoms with Crippen LogP contribution in [0.2, 0.25) is 0 Å². The number of benzene rings is 2. The van der Waals surface area contributed by atoms with E-state index in [1.165, 1.54) is 11.3 Å². The fraction of sp³-hybridized carbons (Fsp3) is 0. The molecule has 0 spiro atoms. The Kier molecular flexibility index (Phi) is 3.60. The number of ether oxygens (including phenoxy) is 1. The molecule has 4 rings (SSSR count). The predicted molar refractivity (Wildman–Crippen MR) is 91.8 cm³/mol. The fourth-order valence-corrected chi connectivity index (χ4v) is 3.42. The highest BCUT2D eigenvalue weighted by Crippen LogP contribution is 2.39. The van der Waals surface area contributed by atoms with Crippen LogP contribution in [0.4, 0.5) is 5.69 Å². The van der Waals surface area contributed by atoms with E-state index >= 15 is 0 Å². The molecule has 0 unspecified atom stereocenters. The lowest BCUT2D eigenvalue weighted by atomic mass is 10.1. The zero-order valence-corrected chi connectivity index (χ0v) is 13.2. The Bertz CT molecular complexity index is 962. The maximum atomic E-state index is 11.6. The number of carbonyl (C=O) groups is 1. The molecule has 0 fully saturated rings. The molecule has 0 saturated carbocycles. The maximum absolute atomic E-state index is 11.6. The Morgan fingerprint density at radius 3 is 2.58 bits per heavy atom. The number of hydrogen-bond donors (Lipinski definition) is 2. The van der Waals surface area contributed by atoms with Crippen molar-refractivity contribution in [2.75, 3.05) is 0 Å². The SMILES string of the molecule is O=C(NO)c1ccc(C2=Nc3ccccc3Oc3ccccc32)s1. The molecule has 0 atom stereocenters. The molecule has 5 nitrogen and oxygen atoms in total. The molecule has 24 heavy (non-hydrogen) atoms. The van der Waals surface area contributed by atoms with E-state index in [0.29, 0.717) is 16.4 Å². The normalized spacial score (nSPS) is 12.3. The number of hydrogen-bond acceptors (Lipinski definition) is 5. The van der Waals surface area contributed by atoms with Crippen molar-refractivity contribution in [3.8, 4) is 11.5 Å². The van der Waals surface area contributed by atoms with E-state index in [2.05, 4.69) is 0 Å². The summed E-state index contributed by atoms with van der Waals surface area (Å²) < 4.78 is 6.00. The molecule has 0 aliphatic carbocycles. The minimum atomic E-state index is -0.537. The highest BCUT2D eigenvalue weighted by molar-refractivity contribution is 7.16. The van der Waals surface area contributed by atoms with Gasteiger partial charge < -0.3 is 4.74 Å². The summed E-state index contributed by atoms with van der Waals surface area (Å²) in [5.74, 6) is 0.859. The second-order valence-corrected chi connectivity index (χ2v) is 6.21. The number of nitrogens with zero attached hydrogens (tertiary/aromatic N) is 1. The monoisotopic (exact) mass is 336 g/mol. The lowest BCUT2D eigenvalue weighted by molar-refractivity contribution is 0.0711. The summed E-state index contributed by atoms with van der Waals surface area (Å²) in [5, 5.41) is 8.80. The van der Waals surface area contributed by atoms with Crippen LogP contribution in [0.1, 0.15) is 20.1 Å². The number of carbonyl (C=O) groups excluding carboxylic acids is 1. The number of thiophene rings is 1. The summed E-state index contributed by atoms with van der Waals surface area (Å²) in [7, 11) is 0. The van der Waals surface area contributed by atoms with Crippen LogP contribution in [0.25, 0.3) is 0 Å². The van der Waals surface area contributed by atoms with Gasteiger partial charge in [-0.25, -0.2) is 10.5 Å². The van der Waals surface area contributed by atoms with Crippen LogP contribution in [0.5, 0.6) is 11.5 Å². The van der Waals surface area contributed by atoms with Gasteiger partial charge in [0.05, 0.1) is 15.5 Å². The van der Waals surface area contributed by atoms with Gasteiger partial charge in [-0.3, -0.25) is 10.0 Å². The van der Waals surface area contributed by atoms with E-state index in [-0.39, 0.29) is 0 Å². The van der Waals surface area contributed by atoms with Gasteiger partial charge >= 0.3 is 0 Å². The van der Waals surface area contributed by atoms with E-state index in [0.717, 1.165) is 21.8 Å². The van der Waals surface area contributed by atoms with Crippen LogP contribution in [-0.4, -0.2) is 16.8 Å². The Hall–Kier alpha value is -2.96. The first-order valence-corrected chi connectivity index (χ1v) is 8.07. The Labute approximate surface area is 141 Å². The molecule has 1 aliphatic heterocycles. The molecule has 1 aliphatic rings. The van der Waals surface area contributed by atoms with Gasteiger partial charge in [0, 0.05) is 5.56 Å². The topological polar surface area (TPSA) is 70.9 Å². The number of hydroxylamine groups is 1. The third kappa shape index (κ3) is 2.47. The van der Waals surface area contributed by atoms with Crippen molar-refractivity contribution in [3.63, 3.8) is 0 Å². The Morgan fingerprint density at radius 1 is 1.00 bits per heavy atom. The number of para-hydroxylation sites is 3. The molecule has 0 bridgehead atoms. The molecule has 1 aromatic heterocycles. The van der Waals surface area contributed by atoms with Gasteiger partial charge in [0.15, 0.2) is 5.75 Å². The maximum Gasteiger partial charge on any atom is 0.284 e. The third-order valence-electron chi connectivity index (χ3n) is 3.62. The first-order chi connectivity index (χ1) is 11.8.